The number of alkyl halides is 1. The van der Waals surface area contributed by atoms with Crippen LogP contribution in [0.15, 0.2) is 79.8 Å². The molecular formula is C15H4Br2. The normalized spacial score (nSPS) is 5.06. The fraction of sp³-hybridized carbons (Fsp3) is 0.0667. The van der Waals surface area contributed by atoms with Gasteiger partial charge in [0.05, 0.1) is 4.48 Å². The molecule has 0 aromatic heterocycles. The van der Waals surface area contributed by atoms with Crippen LogP contribution in [0, 0.1) is 0 Å². The topological polar surface area (TPSA) is 0 Å². The van der Waals surface area contributed by atoms with Crippen LogP contribution in [0.5, 0.6) is 0 Å². The monoisotopic (exact) mass is 344 g/mol. The zero-order chi connectivity index (χ0) is 12.8. The number of hydrogen-bond donors (Lipinski definition) is 0. The second-order valence-electron chi connectivity index (χ2n) is 2.09. The van der Waals surface area contributed by atoms with Gasteiger partial charge in [-0.3, -0.25) is 0 Å². The van der Waals surface area contributed by atoms with Crippen LogP contribution < -0.4 is 0 Å². The summed E-state index contributed by atoms with van der Waals surface area (Å²) in [5.74, 6) is 0. The molecule has 0 aromatic carbocycles. The lowest BCUT2D eigenvalue weighted by atomic mass is 10.6. The predicted molar refractivity (Wildman–Crippen MR) is 74.0 cm³/mol. The molecule has 0 rings (SSSR count). The van der Waals surface area contributed by atoms with Gasteiger partial charge in [-0.2, -0.15) is 0 Å². The van der Waals surface area contributed by atoms with Gasteiger partial charge >= 0.3 is 0 Å². The predicted octanol–water partition coefficient (Wildman–Crippen LogP) is 4.15. The van der Waals surface area contributed by atoms with Gasteiger partial charge in [0.15, 0.2) is 0 Å². The summed E-state index contributed by atoms with van der Waals surface area (Å²) in [5, 5.41) is 0.674. The Kier molecular flexibility index (Phi) is 10.7. The fourth-order valence-corrected chi connectivity index (χ4v) is 0.666. The van der Waals surface area contributed by atoms with Crippen LogP contribution in [0.1, 0.15) is 0 Å². The van der Waals surface area contributed by atoms with Crippen molar-refractivity contribution in [1.29, 1.82) is 0 Å². The van der Waals surface area contributed by atoms with Crippen molar-refractivity contribution in [3.63, 3.8) is 0 Å². The van der Waals surface area contributed by atoms with Crippen molar-refractivity contribution < 1.29 is 0 Å². The summed E-state index contributed by atoms with van der Waals surface area (Å²) >= 11 is 6.48. The molecule has 17 heavy (non-hydrogen) atoms. The molecule has 0 N–H and O–H groups in total. The van der Waals surface area contributed by atoms with Crippen LogP contribution in [0.3, 0.4) is 0 Å². The van der Waals surface area contributed by atoms with Crippen LogP contribution in [0.25, 0.3) is 0 Å². The van der Waals surface area contributed by atoms with Crippen LogP contribution >= 0.6 is 31.9 Å². The molecule has 2 heteroatoms. The minimum Gasteiger partial charge on any atom is -0.0863 e. The molecule has 0 atom stereocenters. The molecule has 0 amide bonds. The Balaban J connectivity index is 5.54. The highest BCUT2D eigenvalue weighted by molar-refractivity contribution is 9.13. The molecule has 0 aliphatic rings. The zero-order valence-corrected chi connectivity index (χ0v) is 11.8. The van der Waals surface area contributed by atoms with E-state index in [0.717, 1.165) is 4.48 Å². The van der Waals surface area contributed by atoms with Gasteiger partial charge in [-0.25, -0.2) is 0 Å². The zero-order valence-electron chi connectivity index (χ0n) is 8.67. The van der Waals surface area contributed by atoms with Crippen LogP contribution in [-0.2, 0) is 0 Å². The quantitative estimate of drug-likeness (QED) is 0.494. The standard InChI is InChI=1S/C15H4Br2/c1-2-3-4-5-6-7-8-9-10-11-12-13-15(17)14-16/h1,14H2/i14+2. The van der Waals surface area contributed by atoms with E-state index in [0.29, 0.717) is 5.33 Å². The summed E-state index contributed by atoms with van der Waals surface area (Å²) in [7, 11) is 0. The molecule has 0 radical (unpaired) electrons. The molecule has 0 nitrogen and oxygen atoms in total. The smallest absolute Gasteiger partial charge is 0.0564 e. The highest BCUT2D eigenvalue weighted by Gasteiger charge is 1.78. The molecular weight excluding hydrogens is 342 g/mol. The maximum atomic E-state index is 3.30. The molecule has 0 aliphatic heterocycles. The highest BCUT2D eigenvalue weighted by Crippen LogP contribution is 2.04. The lowest BCUT2D eigenvalue weighted by molar-refractivity contribution is 1.79. The van der Waals surface area contributed by atoms with Crippen molar-refractivity contribution >= 4 is 31.9 Å². The Morgan fingerprint density at radius 2 is 1.18 bits per heavy atom. The van der Waals surface area contributed by atoms with Gasteiger partial charge in [-0.05, 0) is 85.6 Å². The molecule has 0 fully saturated rings. The minimum atomic E-state index is 0.674. The maximum absolute atomic E-state index is 3.30. The second-order valence-corrected chi connectivity index (χ2v) is 3.61. The first-order valence-corrected chi connectivity index (χ1v) is 6.08. The number of hydrogen-bond acceptors (Lipinski definition) is 0. The van der Waals surface area contributed by atoms with Crippen molar-refractivity contribution in [2.75, 3.05) is 5.33 Å². The first-order valence-electron chi connectivity index (χ1n) is 4.16. The van der Waals surface area contributed by atoms with E-state index >= 15 is 0 Å². The van der Waals surface area contributed by atoms with E-state index in [2.05, 4.69) is 107 Å². The maximum Gasteiger partial charge on any atom is 0.0564 e. The Bertz CT molecular complexity index is 722. The minimum absolute atomic E-state index is 0.674. The van der Waals surface area contributed by atoms with Crippen molar-refractivity contribution in [3.05, 3.63) is 79.8 Å². The summed E-state index contributed by atoms with van der Waals surface area (Å²) in [4.78, 5) is 0. The largest absolute Gasteiger partial charge is 0.0863 e. The van der Waals surface area contributed by atoms with E-state index in [1.165, 1.54) is 0 Å². The van der Waals surface area contributed by atoms with Crippen LogP contribution in [0.2, 0.25) is 0 Å². The molecule has 0 saturated heterocycles. The van der Waals surface area contributed by atoms with Gasteiger partial charge in [0, 0.05) is 5.33 Å². The van der Waals surface area contributed by atoms with Crippen LogP contribution in [0.4, 0.5) is 0 Å². The lowest BCUT2D eigenvalue weighted by Gasteiger charge is -1.75. The van der Waals surface area contributed by atoms with Crippen molar-refractivity contribution in [2.24, 2.45) is 0 Å². The Morgan fingerprint density at radius 1 is 0.765 bits per heavy atom. The molecule has 0 heterocycles. The molecule has 0 unspecified atom stereocenters. The first-order chi connectivity index (χ1) is 8.31. The Hall–Kier alpha value is -1.94. The number of rotatable bonds is 1. The molecule has 0 bridgehead atoms. The molecule has 0 aromatic rings. The van der Waals surface area contributed by atoms with E-state index in [1.807, 2.05) is 0 Å². The summed E-state index contributed by atoms with van der Waals surface area (Å²) in [5.41, 5.74) is 30.4. The first kappa shape index (κ1) is 15.1. The number of halogens is 2. The molecule has 78 valence electrons. The summed E-state index contributed by atoms with van der Waals surface area (Å²) in [6.07, 6.45) is 0. The fourth-order valence-electron chi connectivity index (χ4n) is 0.427. The third-order valence-corrected chi connectivity index (χ3v) is 2.76. The lowest BCUT2D eigenvalue weighted by Crippen LogP contribution is -1.61. The average molecular weight is 346 g/mol. The van der Waals surface area contributed by atoms with E-state index in [4.69, 9.17) is 0 Å². The highest BCUT2D eigenvalue weighted by atomic mass is 79.9. The molecule has 0 saturated carbocycles. The van der Waals surface area contributed by atoms with Gasteiger partial charge in [0.1, 0.15) is 0 Å². The molecule has 0 aliphatic carbocycles. The van der Waals surface area contributed by atoms with Crippen LogP contribution in [-0.4, -0.2) is 5.33 Å². The van der Waals surface area contributed by atoms with E-state index in [-0.39, 0.29) is 0 Å². The third-order valence-electron chi connectivity index (χ3n) is 0.966. The summed E-state index contributed by atoms with van der Waals surface area (Å²) in [6.45, 7) is 3.30. The SMILES string of the molecule is C=C=C=C=C=C=C=C=C=C=C=C=C=C(Br)[14CH2]Br. The average Bonchev–Trinajstić information content (AvgIpc) is 2.35. The Labute approximate surface area is 117 Å². The summed E-state index contributed by atoms with van der Waals surface area (Å²) in [6, 6.07) is 0. The van der Waals surface area contributed by atoms with Gasteiger partial charge < -0.3 is 0 Å². The van der Waals surface area contributed by atoms with E-state index < -0.39 is 0 Å². The second kappa shape index (κ2) is 12.1. The van der Waals surface area contributed by atoms with Gasteiger partial charge in [0.2, 0.25) is 0 Å². The van der Waals surface area contributed by atoms with Crippen molar-refractivity contribution in [2.45, 2.75) is 0 Å². The van der Waals surface area contributed by atoms with Gasteiger partial charge in [0.25, 0.3) is 0 Å². The van der Waals surface area contributed by atoms with Gasteiger partial charge in [-0.15, -0.1) is 0 Å². The molecule has 0 spiro atoms. The summed E-state index contributed by atoms with van der Waals surface area (Å²) < 4.78 is 0.835. The Morgan fingerprint density at radius 3 is 1.59 bits per heavy atom. The van der Waals surface area contributed by atoms with Gasteiger partial charge in [-0.1, -0.05) is 21.7 Å². The van der Waals surface area contributed by atoms with E-state index in [1.54, 1.807) is 0 Å². The van der Waals surface area contributed by atoms with Crippen molar-refractivity contribution in [1.82, 2.24) is 0 Å². The van der Waals surface area contributed by atoms with E-state index in [9.17, 15) is 0 Å². The van der Waals surface area contributed by atoms with Crippen molar-refractivity contribution in [3.8, 4) is 0 Å². The third kappa shape index (κ3) is 12.0. The number of allylic oxidation sites excluding steroid dienone is 1.